The van der Waals surface area contributed by atoms with E-state index in [1.165, 1.54) is 6.21 Å². The van der Waals surface area contributed by atoms with Crippen LogP contribution in [-0.4, -0.2) is 35.7 Å². The van der Waals surface area contributed by atoms with E-state index in [-0.39, 0.29) is 0 Å². The molecule has 0 bridgehead atoms. The first-order valence-corrected chi connectivity index (χ1v) is 8.49. The topological polar surface area (TPSA) is 112 Å². The van der Waals surface area contributed by atoms with Crippen LogP contribution in [0.1, 0.15) is 31.0 Å². The predicted octanol–water partition coefficient (Wildman–Crippen LogP) is 3.03. The summed E-state index contributed by atoms with van der Waals surface area (Å²) in [5.74, 6) is 0.0744. The SMILES string of the molecule is CCOc1cc(OCC)cc(C(Nc2ccc(/C=N\NO)cc2)C(=O)O)c1. The van der Waals surface area contributed by atoms with E-state index in [2.05, 4.69) is 10.4 Å². The maximum absolute atomic E-state index is 11.8. The number of benzene rings is 2. The van der Waals surface area contributed by atoms with E-state index in [0.717, 1.165) is 5.56 Å². The van der Waals surface area contributed by atoms with Gasteiger partial charge in [-0.1, -0.05) is 12.1 Å². The van der Waals surface area contributed by atoms with Gasteiger partial charge in [0.25, 0.3) is 0 Å². The van der Waals surface area contributed by atoms with Gasteiger partial charge in [-0.15, -0.1) is 0 Å². The fourth-order valence-corrected chi connectivity index (χ4v) is 2.48. The van der Waals surface area contributed by atoms with Gasteiger partial charge >= 0.3 is 5.97 Å². The number of nitrogens with one attached hydrogen (secondary N) is 2. The van der Waals surface area contributed by atoms with Gasteiger partial charge in [0.05, 0.1) is 19.4 Å². The molecule has 144 valence electrons. The molecule has 2 aromatic rings. The standard InChI is InChI=1S/C19H23N3O5/c1-3-26-16-9-14(10-17(11-16)27-4-2)18(19(23)24)21-15-7-5-13(6-8-15)12-20-22-25/h5-12,18,21-22,25H,3-4H2,1-2H3,(H,23,24)/b20-12-. The molecule has 27 heavy (non-hydrogen) atoms. The zero-order valence-electron chi connectivity index (χ0n) is 15.2. The molecule has 0 amide bonds. The van der Waals surface area contributed by atoms with Gasteiger partial charge in [0, 0.05) is 11.8 Å². The van der Waals surface area contributed by atoms with Crippen molar-refractivity contribution in [3.63, 3.8) is 0 Å². The molecule has 2 aromatic carbocycles. The Morgan fingerprint density at radius 1 is 1.11 bits per heavy atom. The Morgan fingerprint density at radius 2 is 1.70 bits per heavy atom. The molecule has 8 nitrogen and oxygen atoms in total. The maximum Gasteiger partial charge on any atom is 0.330 e. The normalized spacial score (nSPS) is 11.8. The molecule has 0 saturated carbocycles. The van der Waals surface area contributed by atoms with Crippen molar-refractivity contribution in [1.29, 1.82) is 0 Å². The summed E-state index contributed by atoms with van der Waals surface area (Å²) in [5, 5.41) is 24.7. The molecule has 0 aliphatic carbocycles. The van der Waals surface area contributed by atoms with E-state index in [0.29, 0.717) is 36.0 Å². The van der Waals surface area contributed by atoms with Crippen molar-refractivity contribution in [3.05, 3.63) is 53.6 Å². The van der Waals surface area contributed by atoms with E-state index >= 15 is 0 Å². The summed E-state index contributed by atoms with van der Waals surface area (Å²) < 4.78 is 11.1. The van der Waals surface area contributed by atoms with Gasteiger partial charge in [-0.2, -0.15) is 10.7 Å². The van der Waals surface area contributed by atoms with Crippen LogP contribution in [0, 0.1) is 0 Å². The average Bonchev–Trinajstić information content (AvgIpc) is 2.65. The Morgan fingerprint density at radius 3 is 2.19 bits per heavy atom. The molecule has 0 aromatic heterocycles. The van der Waals surface area contributed by atoms with Crippen LogP contribution >= 0.6 is 0 Å². The van der Waals surface area contributed by atoms with Crippen LogP contribution in [0.4, 0.5) is 5.69 Å². The number of hydrogen-bond acceptors (Lipinski definition) is 7. The highest BCUT2D eigenvalue weighted by Gasteiger charge is 2.21. The molecule has 0 heterocycles. The molecule has 1 unspecified atom stereocenters. The molecule has 4 N–H and O–H groups in total. The lowest BCUT2D eigenvalue weighted by Crippen LogP contribution is -2.20. The lowest BCUT2D eigenvalue weighted by atomic mass is 10.1. The van der Waals surface area contributed by atoms with E-state index in [1.807, 2.05) is 13.8 Å². The summed E-state index contributed by atoms with van der Waals surface area (Å²) in [4.78, 5) is 11.8. The van der Waals surface area contributed by atoms with Crippen LogP contribution < -0.4 is 20.4 Å². The zero-order valence-corrected chi connectivity index (χ0v) is 15.2. The van der Waals surface area contributed by atoms with Crippen LogP contribution in [0.25, 0.3) is 0 Å². The third-order valence-electron chi connectivity index (χ3n) is 3.60. The van der Waals surface area contributed by atoms with Crippen LogP contribution in [0.3, 0.4) is 0 Å². The van der Waals surface area contributed by atoms with Gasteiger partial charge in [0.15, 0.2) is 6.04 Å². The number of hydrazone groups is 1. The molecule has 0 fully saturated rings. The number of nitrogens with zero attached hydrogens (tertiary/aromatic N) is 1. The highest BCUT2D eigenvalue weighted by Crippen LogP contribution is 2.29. The molecule has 0 aliphatic rings. The van der Waals surface area contributed by atoms with Gasteiger partial charge in [0.1, 0.15) is 11.5 Å². The lowest BCUT2D eigenvalue weighted by molar-refractivity contribution is -0.138. The van der Waals surface area contributed by atoms with Gasteiger partial charge in [-0.05, 0) is 49.2 Å². The summed E-state index contributed by atoms with van der Waals surface area (Å²) in [6, 6.07) is 11.1. The Labute approximate surface area is 157 Å². The molecule has 0 radical (unpaired) electrons. The van der Waals surface area contributed by atoms with Crippen molar-refractivity contribution in [2.45, 2.75) is 19.9 Å². The van der Waals surface area contributed by atoms with Gasteiger partial charge in [-0.25, -0.2) is 4.79 Å². The maximum atomic E-state index is 11.8. The second kappa shape index (κ2) is 10.0. The fraction of sp³-hybridized carbons (Fsp3) is 0.263. The summed E-state index contributed by atoms with van der Waals surface area (Å²) in [5.41, 5.74) is 3.57. The third-order valence-corrected chi connectivity index (χ3v) is 3.60. The molecule has 0 spiro atoms. The van der Waals surface area contributed by atoms with Gasteiger partial charge in [0.2, 0.25) is 0 Å². The van der Waals surface area contributed by atoms with Gasteiger partial charge in [-0.3, -0.25) is 5.21 Å². The summed E-state index contributed by atoms with van der Waals surface area (Å²) >= 11 is 0. The van der Waals surface area contributed by atoms with Crippen molar-refractivity contribution >= 4 is 17.9 Å². The lowest BCUT2D eigenvalue weighted by Gasteiger charge is -2.18. The summed E-state index contributed by atoms with van der Waals surface area (Å²) in [6.45, 7) is 4.64. The summed E-state index contributed by atoms with van der Waals surface area (Å²) in [6.07, 6.45) is 1.43. The van der Waals surface area contributed by atoms with Crippen molar-refractivity contribution in [2.24, 2.45) is 5.10 Å². The number of hydrogen-bond donors (Lipinski definition) is 4. The van der Waals surface area contributed by atoms with Crippen molar-refractivity contribution in [1.82, 2.24) is 5.59 Å². The highest BCUT2D eigenvalue weighted by atomic mass is 16.5. The van der Waals surface area contributed by atoms with Crippen molar-refractivity contribution < 1.29 is 24.6 Å². The molecule has 0 saturated heterocycles. The monoisotopic (exact) mass is 373 g/mol. The Kier molecular flexibility index (Phi) is 7.45. The van der Waals surface area contributed by atoms with Crippen LogP contribution in [0.15, 0.2) is 47.6 Å². The number of carboxylic acids is 1. The Balaban J connectivity index is 2.28. The first-order valence-electron chi connectivity index (χ1n) is 8.49. The minimum absolute atomic E-state index is 0.464. The van der Waals surface area contributed by atoms with Crippen LogP contribution in [0.5, 0.6) is 11.5 Å². The number of carboxylic acid groups (broad SMARTS) is 1. The Hall–Kier alpha value is -3.26. The summed E-state index contributed by atoms with van der Waals surface area (Å²) in [7, 11) is 0. The molecule has 8 heteroatoms. The largest absolute Gasteiger partial charge is 0.494 e. The van der Waals surface area contributed by atoms with E-state index in [4.69, 9.17) is 14.7 Å². The fourth-order valence-electron chi connectivity index (χ4n) is 2.48. The van der Waals surface area contributed by atoms with Crippen molar-refractivity contribution in [3.8, 4) is 11.5 Å². The second-order valence-corrected chi connectivity index (χ2v) is 5.50. The minimum Gasteiger partial charge on any atom is -0.494 e. The number of rotatable bonds is 10. The smallest absolute Gasteiger partial charge is 0.330 e. The number of ether oxygens (including phenoxy) is 2. The quantitative estimate of drug-likeness (QED) is 0.374. The predicted molar refractivity (Wildman–Crippen MR) is 102 cm³/mol. The molecular weight excluding hydrogens is 350 g/mol. The van der Waals surface area contributed by atoms with E-state index in [1.54, 1.807) is 48.1 Å². The van der Waals surface area contributed by atoms with Crippen LogP contribution in [-0.2, 0) is 4.79 Å². The first-order chi connectivity index (χ1) is 13.1. The minimum atomic E-state index is -1.03. The molecule has 2 rings (SSSR count). The molecular formula is C19H23N3O5. The van der Waals surface area contributed by atoms with E-state index in [9.17, 15) is 9.90 Å². The average molecular weight is 373 g/mol. The Bertz CT molecular complexity index is 753. The second-order valence-electron chi connectivity index (χ2n) is 5.50. The molecule has 0 aliphatic heterocycles. The van der Waals surface area contributed by atoms with Crippen molar-refractivity contribution in [2.75, 3.05) is 18.5 Å². The van der Waals surface area contributed by atoms with Crippen LogP contribution in [0.2, 0.25) is 0 Å². The highest BCUT2D eigenvalue weighted by molar-refractivity contribution is 5.82. The zero-order chi connectivity index (χ0) is 19.6. The number of anilines is 1. The number of carbonyl (C=O) groups is 1. The van der Waals surface area contributed by atoms with E-state index < -0.39 is 12.0 Å². The third kappa shape index (κ3) is 5.89. The van der Waals surface area contributed by atoms with Gasteiger partial charge < -0.3 is 19.9 Å². The number of aliphatic carboxylic acids is 1. The first kappa shape index (κ1) is 20.1. The molecule has 1 atom stereocenters.